The summed E-state index contributed by atoms with van der Waals surface area (Å²) < 4.78 is 12.8. The van der Waals surface area contributed by atoms with Gasteiger partial charge in [0, 0.05) is 51.3 Å². The molecule has 17 nitrogen and oxygen atoms in total. The number of fused-ring (bicyclic) bond motifs is 1. The second kappa shape index (κ2) is 20.1. The standard InChI is InChI=1S/C41H49BrN8O9/c1-48-22-27(20-28(23-48)45-31-21-44-49(2)41(57)36(31)42)25-10-12-26(13-11-25)37(53)43-16-5-3-4-6-17-58-18-19-59-24-34(52)46-30-9-7-8-29-35(30)40(56)50(39(29)55)32-14-15-33(51)47-38(32)54/h7-13,21,27-28,32,45H,3-6,14-20,22-24H2,1-2H3,(H,43,53)(H,46,52)(H,47,51,54)/t27-,28+,32?/m1/s1. The lowest BCUT2D eigenvalue weighted by Gasteiger charge is -2.37. The van der Waals surface area contributed by atoms with Crippen LogP contribution < -0.4 is 26.8 Å². The van der Waals surface area contributed by atoms with Gasteiger partial charge in [0.1, 0.15) is 17.1 Å². The molecule has 1 aromatic heterocycles. The molecule has 1 unspecified atom stereocenters. The van der Waals surface area contributed by atoms with Gasteiger partial charge in [0.05, 0.1) is 41.9 Å². The maximum atomic E-state index is 13.2. The molecule has 59 heavy (non-hydrogen) atoms. The van der Waals surface area contributed by atoms with Crippen LogP contribution in [0, 0.1) is 0 Å². The first-order valence-corrected chi connectivity index (χ1v) is 20.6. The largest absolute Gasteiger partial charge is 0.379 e. The van der Waals surface area contributed by atoms with Crippen LogP contribution in [0.5, 0.6) is 0 Å². The van der Waals surface area contributed by atoms with E-state index in [1.54, 1.807) is 13.2 Å². The molecular formula is C41H49BrN8O9. The molecular weight excluding hydrogens is 828 g/mol. The zero-order chi connectivity index (χ0) is 42.1. The van der Waals surface area contributed by atoms with Gasteiger partial charge < -0.3 is 30.3 Å². The number of hydrogen-bond donors (Lipinski definition) is 4. The van der Waals surface area contributed by atoms with Crippen molar-refractivity contribution < 1.29 is 38.2 Å². The van der Waals surface area contributed by atoms with E-state index in [0.717, 1.165) is 55.7 Å². The van der Waals surface area contributed by atoms with E-state index in [2.05, 4.69) is 54.2 Å². The molecule has 3 aromatic rings. The van der Waals surface area contributed by atoms with E-state index in [4.69, 9.17) is 9.47 Å². The molecule has 0 saturated carbocycles. The number of carbonyl (C=O) groups is 6. The molecule has 6 amide bonds. The lowest BCUT2D eigenvalue weighted by Crippen LogP contribution is -2.54. The number of imide groups is 2. The number of nitrogens with zero attached hydrogens (tertiary/aromatic N) is 4. The SMILES string of the molecule is CN1C[C@@H](Nc2cnn(C)c(=O)c2Br)C[C@@H](c2ccc(C(=O)NCCCCCCOCCOCC(=O)Nc3cccc4c3C(=O)N(C3CCC(=O)NC3=O)C4=O)cc2)C1. The summed E-state index contributed by atoms with van der Waals surface area (Å²) in [6, 6.07) is 11.3. The maximum absolute atomic E-state index is 13.2. The molecule has 4 N–H and O–H groups in total. The number of carbonyl (C=O) groups excluding carboxylic acids is 6. The Kier molecular flexibility index (Phi) is 14.8. The van der Waals surface area contributed by atoms with Crippen molar-refractivity contribution in [1.29, 1.82) is 0 Å². The molecule has 0 aliphatic carbocycles. The zero-order valence-corrected chi connectivity index (χ0v) is 34.7. The van der Waals surface area contributed by atoms with Crippen LogP contribution in [-0.4, -0.2) is 120 Å². The Morgan fingerprint density at radius 3 is 2.44 bits per heavy atom. The quantitative estimate of drug-likeness (QED) is 0.107. The lowest BCUT2D eigenvalue weighted by molar-refractivity contribution is -0.136. The average Bonchev–Trinajstić information content (AvgIpc) is 3.47. The predicted octanol–water partition coefficient (Wildman–Crippen LogP) is 2.81. The van der Waals surface area contributed by atoms with Crippen molar-refractivity contribution in [3.05, 3.63) is 85.7 Å². The number of unbranched alkanes of at least 4 members (excludes halogenated alkanes) is 3. The number of ether oxygens (including phenoxy) is 2. The van der Waals surface area contributed by atoms with E-state index in [9.17, 15) is 33.6 Å². The van der Waals surface area contributed by atoms with Crippen LogP contribution >= 0.6 is 15.9 Å². The summed E-state index contributed by atoms with van der Waals surface area (Å²) in [5.74, 6) is -2.91. The second-order valence-electron chi connectivity index (χ2n) is 15.0. The fourth-order valence-electron chi connectivity index (χ4n) is 7.58. The monoisotopic (exact) mass is 876 g/mol. The number of aromatic nitrogens is 2. The molecule has 2 aromatic carbocycles. The van der Waals surface area contributed by atoms with E-state index in [0.29, 0.717) is 28.9 Å². The molecule has 314 valence electrons. The molecule has 3 aliphatic rings. The summed E-state index contributed by atoms with van der Waals surface area (Å²) in [5, 5.41) is 15.4. The van der Waals surface area contributed by atoms with Gasteiger partial charge in [-0.2, -0.15) is 5.10 Å². The van der Waals surface area contributed by atoms with Gasteiger partial charge in [-0.15, -0.1) is 0 Å². The summed E-state index contributed by atoms with van der Waals surface area (Å²) in [5.41, 5.74) is 2.45. The van der Waals surface area contributed by atoms with Crippen molar-refractivity contribution in [2.45, 2.75) is 62.9 Å². The number of benzene rings is 2. The fourth-order valence-corrected chi connectivity index (χ4v) is 8.05. The third-order valence-electron chi connectivity index (χ3n) is 10.6. The summed E-state index contributed by atoms with van der Waals surface area (Å²) in [7, 11) is 3.69. The fraction of sp³-hybridized carbons (Fsp3) is 0.463. The summed E-state index contributed by atoms with van der Waals surface area (Å²) >= 11 is 3.40. The highest BCUT2D eigenvalue weighted by Crippen LogP contribution is 2.33. The number of piperidine rings is 2. The van der Waals surface area contributed by atoms with Crippen molar-refractivity contribution in [3.8, 4) is 0 Å². The van der Waals surface area contributed by atoms with Crippen molar-refractivity contribution in [2.75, 3.05) is 63.7 Å². The van der Waals surface area contributed by atoms with Gasteiger partial charge in [-0.05, 0) is 84.4 Å². The molecule has 3 atom stereocenters. The van der Waals surface area contributed by atoms with Crippen LogP contribution in [0.1, 0.15) is 87.5 Å². The Hall–Kier alpha value is -5.30. The number of aryl methyl sites for hydroxylation is 1. The first-order chi connectivity index (χ1) is 28.4. The van der Waals surface area contributed by atoms with Crippen LogP contribution in [0.4, 0.5) is 11.4 Å². The molecule has 6 rings (SSSR count). The Balaban J connectivity index is 0.810. The van der Waals surface area contributed by atoms with Gasteiger partial charge in [-0.25, -0.2) is 4.68 Å². The van der Waals surface area contributed by atoms with Gasteiger partial charge >= 0.3 is 0 Å². The van der Waals surface area contributed by atoms with E-state index < -0.39 is 35.6 Å². The van der Waals surface area contributed by atoms with Crippen molar-refractivity contribution >= 4 is 62.7 Å². The molecule has 18 heteroatoms. The Morgan fingerprint density at radius 2 is 1.66 bits per heavy atom. The first kappa shape index (κ1) is 43.3. The Labute approximate surface area is 349 Å². The second-order valence-corrected chi connectivity index (χ2v) is 15.8. The topological polar surface area (TPSA) is 210 Å². The van der Waals surface area contributed by atoms with Crippen LogP contribution in [0.3, 0.4) is 0 Å². The van der Waals surface area contributed by atoms with Gasteiger partial charge in [0.2, 0.25) is 17.7 Å². The number of halogens is 1. The Bertz CT molecular complexity index is 2130. The van der Waals surface area contributed by atoms with E-state index in [1.165, 1.54) is 22.9 Å². The van der Waals surface area contributed by atoms with Crippen molar-refractivity contribution in [1.82, 2.24) is 30.2 Å². The highest BCUT2D eigenvalue weighted by atomic mass is 79.9. The van der Waals surface area contributed by atoms with Gasteiger partial charge in [-0.3, -0.25) is 43.8 Å². The average molecular weight is 878 g/mol. The molecule has 0 radical (unpaired) electrons. The lowest BCUT2D eigenvalue weighted by atomic mass is 9.87. The number of likely N-dealkylation sites (tertiary alicyclic amines) is 1. The third kappa shape index (κ3) is 10.9. The molecule has 4 heterocycles. The minimum absolute atomic E-state index is 0.00790. The first-order valence-electron chi connectivity index (χ1n) is 19.8. The van der Waals surface area contributed by atoms with Crippen LogP contribution in [0.2, 0.25) is 0 Å². The predicted molar refractivity (Wildman–Crippen MR) is 220 cm³/mol. The number of hydrogen-bond acceptors (Lipinski definition) is 12. The molecule has 3 aliphatic heterocycles. The summed E-state index contributed by atoms with van der Waals surface area (Å²) in [6.45, 7) is 2.99. The number of nitrogens with one attached hydrogen (secondary N) is 4. The third-order valence-corrected chi connectivity index (χ3v) is 11.3. The number of amides is 6. The number of rotatable bonds is 18. The summed E-state index contributed by atoms with van der Waals surface area (Å²) in [4.78, 5) is 90.9. The van der Waals surface area contributed by atoms with Crippen molar-refractivity contribution in [2.24, 2.45) is 7.05 Å². The Morgan fingerprint density at radius 1 is 0.898 bits per heavy atom. The van der Waals surface area contributed by atoms with Crippen LogP contribution in [0.25, 0.3) is 0 Å². The minimum atomic E-state index is -1.10. The zero-order valence-electron chi connectivity index (χ0n) is 33.1. The van der Waals surface area contributed by atoms with E-state index in [1.807, 2.05) is 24.3 Å². The normalized spacial score (nSPS) is 19.4. The number of anilines is 2. The molecule has 2 fully saturated rings. The van der Waals surface area contributed by atoms with Crippen LogP contribution in [0.15, 0.2) is 57.9 Å². The van der Waals surface area contributed by atoms with Gasteiger partial charge in [-0.1, -0.05) is 31.0 Å². The maximum Gasteiger partial charge on any atom is 0.282 e. The van der Waals surface area contributed by atoms with Crippen LogP contribution in [-0.2, 0) is 30.9 Å². The van der Waals surface area contributed by atoms with Gasteiger partial charge in [0.15, 0.2) is 0 Å². The highest BCUT2D eigenvalue weighted by Gasteiger charge is 2.45. The molecule has 2 saturated heterocycles. The summed E-state index contributed by atoms with van der Waals surface area (Å²) in [6.07, 6.45) is 6.10. The van der Waals surface area contributed by atoms with E-state index >= 15 is 0 Å². The minimum Gasteiger partial charge on any atom is -0.379 e. The smallest absolute Gasteiger partial charge is 0.282 e. The molecule has 0 bridgehead atoms. The highest BCUT2D eigenvalue weighted by molar-refractivity contribution is 9.10. The van der Waals surface area contributed by atoms with Gasteiger partial charge in [0.25, 0.3) is 23.3 Å². The van der Waals surface area contributed by atoms with E-state index in [-0.39, 0.29) is 72.9 Å². The number of likely N-dealkylation sites (N-methyl/N-ethyl adjacent to an activating group) is 1. The molecule has 0 spiro atoms. The van der Waals surface area contributed by atoms with Crippen molar-refractivity contribution in [3.63, 3.8) is 0 Å².